The van der Waals surface area contributed by atoms with E-state index in [1.54, 1.807) is 25.1 Å². The summed E-state index contributed by atoms with van der Waals surface area (Å²) in [4.78, 5) is 23.8. The van der Waals surface area contributed by atoms with Crippen molar-refractivity contribution in [2.75, 3.05) is 12.1 Å². The number of rotatable bonds is 4. The van der Waals surface area contributed by atoms with Crippen LogP contribution in [-0.2, 0) is 14.3 Å². The lowest BCUT2D eigenvalue weighted by Gasteiger charge is -2.19. The van der Waals surface area contributed by atoms with E-state index in [0.29, 0.717) is 17.2 Å². The van der Waals surface area contributed by atoms with Gasteiger partial charge < -0.3 is 19.5 Å². The Morgan fingerprint density at radius 3 is 2.64 bits per heavy atom. The predicted octanol–water partition coefficient (Wildman–Crippen LogP) is 2.72. The van der Waals surface area contributed by atoms with E-state index < -0.39 is 6.10 Å². The first kappa shape index (κ1) is 16.1. The van der Waals surface area contributed by atoms with Gasteiger partial charge in [0.15, 0.2) is 17.6 Å². The van der Waals surface area contributed by atoms with Crippen LogP contribution < -0.4 is 14.8 Å². The summed E-state index contributed by atoms with van der Waals surface area (Å²) in [6, 6.07) is 5.09. The maximum atomic E-state index is 12.1. The lowest BCUT2D eigenvalue weighted by Crippen LogP contribution is -2.31. The van der Waals surface area contributed by atoms with Gasteiger partial charge in [0.25, 0.3) is 5.91 Å². The molecule has 6 heteroatoms. The number of hydrogen-bond donors (Lipinski definition) is 1. The molecule has 1 amide bonds. The van der Waals surface area contributed by atoms with E-state index >= 15 is 0 Å². The number of fused-ring (bicyclic) bond motifs is 1. The van der Waals surface area contributed by atoms with Gasteiger partial charge in [-0.2, -0.15) is 0 Å². The van der Waals surface area contributed by atoms with Crippen molar-refractivity contribution in [3.05, 3.63) is 18.2 Å². The van der Waals surface area contributed by atoms with Crippen LogP contribution in [0.15, 0.2) is 18.2 Å². The van der Waals surface area contributed by atoms with E-state index in [4.69, 9.17) is 14.2 Å². The fourth-order valence-corrected chi connectivity index (χ4v) is 1.94. The second-order valence-electron chi connectivity index (χ2n) is 6.43. The number of benzene rings is 1. The lowest BCUT2D eigenvalue weighted by molar-refractivity contribution is -0.154. The van der Waals surface area contributed by atoms with Crippen molar-refractivity contribution in [2.45, 2.75) is 40.2 Å². The molecule has 120 valence electrons. The molecule has 0 aliphatic carbocycles. The van der Waals surface area contributed by atoms with Crippen LogP contribution in [-0.4, -0.2) is 24.8 Å². The Hall–Kier alpha value is -2.24. The summed E-state index contributed by atoms with van der Waals surface area (Å²) >= 11 is 0. The standard InChI is InChI=1S/C16H21NO5/c1-10(22-14(18)8-16(2,3)4)15(19)17-11-5-6-12-13(7-11)21-9-20-12/h5-7,10H,8-9H2,1-4H3,(H,17,19)/t10-/m0/s1. The summed E-state index contributed by atoms with van der Waals surface area (Å²) in [7, 11) is 0. The fourth-order valence-electron chi connectivity index (χ4n) is 1.94. The van der Waals surface area contributed by atoms with E-state index in [1.165, 1.54) is 0 Å². The SMILES string of the molecule is C[C@H](OC(=O)CC(C)(C)C)C(=O)Nc1ccc2c(c1)OCO2. The average Bonchev–Trinajstić information content (AvgIpc) is 2.83. The molecule has 1 N–H and O–H groups in total. The average molecular weight is 307 g/mol. The minimum atomic E-state index is -0.861. The molecule has 1 aliphatic heterocycles. The van der Waals surface area contributed by atoms with Crippen LogP contribution in [0.1, 0.15) is 34.1 Å². The van der Waals surface area contributed by atoms with E-state index in [2.05, 4.69) is 5.32 Å². The zero-order valence-corrected chi connectivity index (χ0v) is 13.3. The number of amides is 1. The number of carbonyl (C=O) groups excluding carboxylic acids is 2. The van der Waals surface area contributed by atoms with Crippen LogP contribution in [0.4, 0.5) is 5.69 Å². The van der Waals surface area contributed by atoms with E-state index in [-0.39, 0.29) is 30.5 Å². The molecule has 6 nitrogen and oxygen atoms in total. The van der Waals surface area contributed by atoms with Gasteiger partial charge in [-0.1, -0.05) is 20.8 Å². The quantitative estimate of drug-likeness (QED) is 0.866. The number of hydrogen-bond acceptors (Lipinski definition) is 5. The van der Waals surface area contributed by atoms with Gasteiger partial charge in [0.1, 0.15) is 0 Å². The molecule has 1 aromatic rings. The van der Waals surface area contributed by atoms with Crippen molar-refractivity contribution < 1.29 is 23.8 Å². The van der Waals surface area contributed by atoms with Crippen molar-refractivity contribution in [2.24, 2.45) is 5.41 Å². The molecule has 0 spiro atoms. The van der Waals surface area contributed by atoms with Crippen molar-refractivity contribution in [3.63, 3.8) is 0 Å². The van der Waals surface area contributed by atoms with Gasteiger partial charge in [0.05, 0.1) is 6.42 Å². The van der Waals surface area contributed by atoms with Crippen LogP contribution in [0.3, 0.4) is 0 Å². The highest BCUT2D eigenvalue weighted by Crippen LogP contribution is 2.34. The largest absolute Gasteiger partial charge is 0.454 e. The first-order valence-corrected chi connectivity index (χ1v) is 7.14. The lowest BCUT2D eigenvalue weighted by atomic mass is 9.92. The normalized spacial score (nSPS) is 14.4. The number of nitrogens with one attached hydrogen (secondary N) is 1. The molecule has 0 aromatic heterocycles. The smallest absolute Gasteiger partial charge is 0.307 e. The summed E-state index contributed by atoms with van der Waals surface area (Å²) < 4.78 is 15.6. The van der Waals surface area contributed by atoms with E-state index in [9.17, 15) is 9.59 Å². The Labute approximate surface area is 129 Å². The van der Waals surface area contributed by atoms with Crippen molar-refractivity contribution in [1.82, 2.24) is 0 Å². The summed E-state index contributed by atoms with van der Waals surface area (Å²) in [5.74, 6) is 0.444. The van der Waals surface area contributed by atoms with Gasteiger partial charge in [-0.15, -0.1) is 0 Å². The predicted molar refractivity (Wildman–Crippen MR) is 80.8 cm³/mol. The van der Waals surface area contributed by atoms with Crippen LogP contribution in [0.25, 0.3) is 0 Å². The Morgan fingerprint density at radius 2 is 1.95 bits per heavy atom. The van der Waals surface area contributed by atoms with Crippen molar-refractivity contribution >= 4 is 17.6 Å². The second-order valence-corrected chi connectivity index (χ2v) is 6.43. The molecule has 1 heterocycles. The molecule has 1 aromatic carbocycles. The monoisotopic (exact) mass is 307 g/mol. The number of anilines is 1. The number of carbonyl (C=O) groups is 2. The molecule has 0 radical (unpaired) electrons. The third-order valence-corrected chi connectivity index (χ3v) is 2.99. The van der Waals surface area contributed by atoms with Crippen LogP contribution >= 0.6 is 0 Å². The molecule has 1 aliphatic rings. The third-order valence-electron chi connectivity index (χ3n) is 2.99. The highest BCUT2D eigenvalue weighted by atomic mass is 16.7. The third kappa shape index (κ3) is 4.38. The highest BCUT2D eigenvalue weighted by molar-refractivity contribution is 5.95. The molecule has 1 atom stereocenters. The van der Waals surface area contributed by atoms with E-state index in [1.807, 2.05) is 20.8 Å². The molecular formula is C16H21NO5. The molecule has 2 rings (SSSR count). The van der Waals surface area contributed by atoms with Gasteiger partial charge >= 0.3 is 5.97 Å². The van der Waals surface area contributed by atoms with Crippen LogP contribution in [0.5, 0.6) is 11.5 Å². The molecular weight excluding hydrogens is 286 g/mol. The molecule has 0 saturated heterocycles. The number of ether oxygens (including phenoxy) is 3. The minimum absolute atomic E-state index is 0.174. The Balaban J connectivity index is 1.90. The molecule has 22 heavy (non-hydrogen) atoms. The second kappa shape index (κ2) is 6.25. The summed E-state index contributed by atoms with van der Waals surface area (Å²) in [5.41, 5.74) is 0.387. The Morgan fingerprint density at radius 1 is 1.27 bits per heavy atom. The van der Waals surface area contributed by atoms with Gasteiger partial charge in [-0.05, 0) is 24.5 Å². The van der Waals surface area contributed by atoms with Crippen molar-refractivity contribution in [3.8, 4) is 11.5 Å². The fraction of sp³-hybridized carbons (Fsp3) is 0.500. The maximum absolute atomic E-state index is 12.1. The maximum Gasteiger partial charge on any atom is 0.307 e. The summed E-state index contributed by atoms with van der Waals surface area (Å²) in [6.07, 6.45) is -0.602. The Kier molecular flexibility index (Phi) is 4.59. The van der Waals surface area contributed by atoms with Gasteiger partial charge in [-0.25, -0.2) is 0 Å². The molecule has 0 fully saturated rings. The summed E-state index contributed by atoms with van der Waals surface area (Å²) in [5, 5.41) is 2.69. The zero-order chi connectivity index (χ0) is 16.3. The molecule has 0 unspecified atom stereocenters. The van der Waals surface area contributed by atoms with Gasteiger partial charge in [0.2, 0.25) is 6.79 Å². The minimum Gasteiger partial charge on any atom is -0.454 e. The molecule has 0 bridgehead atoms. The first-order chi connectivity index (χ1) is 10.2. The van der Waals surface area contributed by atoms with Crippen molar-refractivity contribution in [1.29, 1.82) is 0 Å². The van der Waals surface area contributed by atoms with Crippen LogP contribution in [0, 0.1) is 5.41 Å². The Bertz CT molecular complexity index is 576. The first-order valence-electron chi connectivity index (χ1n) is 7.14. The van der Waals surface area contributed by atoms with Gasteiger partial charge in [0, 0.05) is 11.8 Å². The summed E-state index contributed by atoms with van der Waals surface area (Å²) in [6.45, 7) is 7.53. The van der Waals surface area contributed by atoms with Crippen LogP contribution in [0.2, 0.25) is 0 Å². The molecule has 0 saturated carbocycles. The topological polar surface area (TPSA) is 73.9 Å². The van der Waals surface area contributed by atoms with E-state index in [0.717, 1.165) is 0 Å². The van der Waals surface area contributed by atoms with Gasteiger partial charge in [-0.3, -0.25) is 9.59 Å². The highest BCUT2D eigenvalue weighted by Gasteiger charge is 2.23. The zero-order valence-electron chi connectivity index (χ0n) is 13.3. The number of esters is 1.